The summed E-state index contributed by atoms with van der Waals surface area (Å²) in [5.41, 5.74) is 0. The van der Waals surface area contributed by atoms with Crippen LogP contribution in [0, 0.1) is 11.8 Å². The molecule has 2 aromatic rings. The molecule has 0 bridgehead atoms. The number of nitrogens with one attached hydrogen (secondary N) is 1. The summed E-state index contributed by atoms with van der Waals surface area (Å²) in [7, 11) is 0. The first-order chi connectivity index (χ1) is 11.4. The molecule has 0 fully saturated rings. The van der Waals surface area contributed by atoms with E-state index in [1.807, 2.05) is 37.3 Å². The summed E-state index contributed by atoms with van der Waals surface area (Å²) in [5.74, 6) is 1.50. The van der Waals surface area contributed by atoms with Gasteiger partial charge in [-0.2, -0.15) is 0 Å². The Morgan fingerprint density at radius 2 is 1.62 bits per heavy atom. The fourth-order valence-corrected chi connectivity index (χ4v) is 3.09. The zero-order chi connectivity index (χ0) is 17.7. The van der Waals surface area contributed by atoms with Crippen LogP contribution >= 0.6 is 0 Å². The largest absolute Gasteiger partial charge is 0.481 e. The van der Waals surface area contributed by atoms with Gasteiger partial charge in [0.1, 0.15) is 5.75 Å². The van der Waals surface area contributed by atoms with Crippen LogP contribution in [0.1, 0.15) is 41.0 Å². The zero-order valence-electron chi connectivity index (χ0n) is 15.4. The van der Waals surface area contributed by atoms with E-state index in [2.05, 4.69) is 45.1 Å². The second kappa shape index (κ2) is 8.18. The third-order valence-electron chi connectivity index (χ3n) is 4.41. The molecule has 1 atom stereocenters. The number of hydrogen-bond acceptors (Lipinski definition) is 2. The average molecular weight is 327 g/mol. The van der Waals surface area contributed by atoms with Crippen LogP contribution in [0.4, 0.5) is 0 Å². The lowest BCUT2D eigenvalue weighted by Crippen LogP contribution is -2.48. The predicted octanol–water partition coefficient (Wildman–Crippen LogP) is 4.79. The highest BCUT2D eigenvalue weighted by molar-refractivity contribution is 5.84. The number of hydrogen-bond donors (Lipinski definition) is 1. The topological polar surface area (TPSA) is 38.3 Å². The van der Waals surface area contributed by atoms with Gasteiger partial charge in [0, 0.05) is 6.04 Å². The Hall–Kier alpha value is -2.03. The Balaban J connectivity index is 2.10. The van der Waals surface area contributed by atoms with Crippen LogP contribution in [-0.4, -0.2) is 18.1 Å². The molecule has 2 aromatic carbocycles. The predicted molar refractivity (Wildman–Crippen MR) is 100 cm³/mol. The van der Waals surface area contributed by atoms with Crippen molar-refractivity contribution in [1.29, 1.82) is 0 Å². The van der Waals surface area contributed by atoms with E-state index in [0.717, 1.165) is 11.1 Å². The highest BCUT2D eigenvalue weighted by Crippen LogP contribution is 2.22. The third-order valence-corrected chi connectivity index (χ3v) is 4.41. The highest BCUT2D eigenvalue weighted by Gasteiger charge is 2.25. The molecule has 0 radical (unpaired) electrons. The molecule has 1 amide bonds. The first-order valence-corrected chi connectivity index (χ1v) is 8.88. The van der Waals surface area contributed by atoms with E-state index >= 15 is 0 Å². The Bertz CT molecular complexity index is 670. The van der Waals surface area contributed by atoms with Gasteiger partial charge < -0.3 is 10.1 Å². The van der Waals surface area contributed by atoms with Crippen molar-refractivity contribution in [2.75, 3.05) is 0 Å². The number of carbonyl (C=O) groups excluding carboxylic acids is 1. The molecule has 0 aromatic heterocycles. The van der Waals surface area contributed by atoms with Gasteiger partial charge >= 0.3 is 0 Å². The summed E-state index contributed by atoms with van der Waals surface area (Å²) in [6.07, 6.45) is 0.174. The fourth-order valence-electron chi connectivity index (χ4n) is 3.09. The number of carbonyl (C=O) groups is 1. The lowest BCUT2D eigenvalue weighted by Gasteiger charge is -2.28. The maximum absolute atomic E-state index is 12.6. The van der Waals surface area contributed by atoms with Crippen LogP contribution in [0.15, 0.2) is 42.5 Å². The monoisotopic (exact) mass is 327 g/mol. The van der Waals surface area contributed by atoms with Gasteiger partial charge in [0.2, 0.25) is 0 Å². The summed E-state index contributed by atoms with van der Waals surface area (Å²) in [4.78, 5) is 12.6. The molecular formula is C21H29NO2. The molecule has 0 heterocycles. The van der Waals surface area contributed by atoms with E-state index in [9.17, 15) is 4.79 Å². The van der Waals surface area contributed by atoms with Crippen molar-refractivity contribution in [3.05, 3.63) is 42.5 Å². The van der Waals surface area contributed by atoms with E-state index in [0.29, 0.717) is 18.3 Å². The Morgan fingerprint density at radius 3 is 2.21 bits per heavy atom. The summed E-state index contributed by atoms with van der Waals surface area (Å²) in [6, 6.07) is 14.3. The van der Waals surface area contributed by atoms with E-state index in [4.69, 9.17) is 4.74 Å². The van der Waals surface area contributed by atoms with Crippen LogP contribution in [-0.2, 0) is 4.79 Å². The summed E-state index contributed by atoms with van der Waals surface area (Å²) in [6.45, 7) is 10.5. The normalized spacial score (nSPS) is 12.8. The van der Waals surface area contributed by atoms with Gasteiger partial charge in [0.15, 0.2) is 6.10 Å². The third kappa shape index (κ3) is 4.50. The van der Waals surface area contributed by atoms with Crippen LogP contribution in [0.5, 0.6) is 5.75 Å². The maximum Gasteiger partial charge on any atom is 0.261 e. The standard InChI is InChI=1S/C21H29NO2/c1-6-19(21(23)22-20(14(2)3)15(4)5)24-18-12-11-16-9-7-8-10-17(16)13-18/h7-15,19-20H,6H2,1-5H3,(H,22,23)/t19-/m0/s1. The van der Waals surface area contributed by atoms with Gasteiger partial charge in [-0.1, -0.05) is 65.0 Å². The van der Waals surface area contributed by atoms with Crippen molar-refractivity contribution in [3.8, 4) is 5.75 Å². The summed E-state index contributed by atoms with van der Waals surface area (Å²) < 4.78 is 5.98. The van der Waals surface area contributed by atoms with Crippen molar-refractivity contribution in [3.63, 3.8) is 0 Å². The molecule has 24 heavy (non-hydrogen) atoms. The molecule has 0 spiro atoms. The second-order valence-electron chi connectivity index (χ2n) is 7.05. The van der Waals surface area contributed by atoms with Crippen molar-refractivity contribution in [2.45, 2.75) is 53.2 Å². The van der Waals surface area contributed by atoms with Gasteiger partial charge in [0.25, 0.3) is 5.91 Å². The summed E-state index contributed by atoms with van der Waals surface area (Å²) in [5, 5.41) is 5.45. The number of amides is 1. The van der Waals surface area contributed by atoms with Crippen LogP contribution < -0.4 is 10.1 Å². The molecular weight excluding hydrogens is 298 g/mol. The quantitative estimate of drug-likeness (QED) is 0.793. The Kier molecular flexibility index (Phi) is 6.24. The van der Waals surface area contributed by atoms with Crippen molar-refractivity contribution in [1.82, 2.24) is 5.32 Å². The minimum absolute atomic E-state index is 0.0296. The van der Waals surface area contributed by atoms with E-state index in [1.165, 1.54) is 5.39 Å². The minimum atomic E-state index is -0.467. The molecule has 130 valence electrons. The minimum Gasteiger partial charge on any atom is -0.481 e. The number of rotatable bonds is 7. The van der Waals surface area contributed by atoms with Gasteiger partial charge in [0.05, 0.1) is 0 Å². The van der Waals surface area contributed by atoms with Crippen LogP contribution in [0.25, 0.3) is 10.8 Å². The first kappa shape index (κ1) is 18.3. The number of benzene rings is 2. The average Bonchev–Trinajstić information content (AvgIpc) is 2.56. The smallest absolute Gasteiger partial charge is 0.261 e. The van der Waals surface area contributed by atoms with Crippen LogP contribution in [0.2, 0.25) is 0 Å². The molecule has 0 saturated heterocycles. The van der Waals surface area contributed by atoms with Gasteiger partial charge in [-0.3, -0.25) is 4.79 Å². The SMILES string of the molecule is CC[C@H](Oc1ccc2ccccc2c1)C(=O)NC(C(C)C)C(C)C. The second-order valence-corrected chi connectivity index (χ2v) is 7.05. The molecule has 0 aliphatic heterocycles. The van der Waals surface area contributed by atoms with E-state index in [1.54, 1.807) is 0 Å². The Morgan fingerprint density at radius 1 is 1.00 bits per heavy atom. The summed E-state index contributed by atoms with van der Waals surface area (Å²) >= 11 is 0. The maximum atomic E-state index is 12.6. The van der Waals surface area contributed by atoms with Crippen molar-refractivity contribution in [2.24, 2.45) is 11.8 Å². The van der Waals surface area contributed by atoms with Crippen molar-refractivity contribution >= 4 is 16.7 Å². The zero-order valence-corrected chi connectivity index (χ0v) is 15.4. The van der Waals surface area contributed by atoms with E-state index < -0.39 is 6.10 Å². The molecule has 3 heteroatoms. The highest BCUT2D eigenvalue weighted by atomic mass is 16.5. The number of fused-ring (bicyclic) bond motifs is 1. The molecule has 2 rings (SSSR count). The Labute approximate surface area is 145 Å². The molecule has 0 aliphatic carbocycles. The molecule has 0 saturated carbocycles. The van der Waals surface area contributed by atoms with E-state index in [-0.39, 0.29) is 11.9 Å². The fraction of sp³-hybridized carbons (Fsp3) is 0.476. The number of ether oxygens (including phenoxy) is 1. The lowest BCUT2D eigenvalue weighted by molar-refractivity contribution is -0.129. The van der Waals surface area contributed by atoms with Crippen LogP contribution in [0.3, 0.4) is 0 Å². The van der Waals surface area contributed by atoms with Gasteiger partial charge in [-0.25, -0.2) is 0 Å². The molecule has 0 unspecified atom stereocenters. The lowest BCUT2D eigenvalue weighted by atomic mass is 9.93. The molecule has 0 aliphatic rings. The van der Waals surface area contributed by atoms with Gasteiger partial charge in [-0.05, 0) is 41.2 Å². The first-order valence-electron chi connectivity index (χ1n) is 8.88. The molecule has 3 nitrogen and oxygen atoms in total. The molecule has 1 N–H and O–H groups in total. The van der Waals surface area contributed by atoms with Gasteiger partial charge in [-0.15, -0.1) is 0 Å². The van der Waals surface area contributed by atoms with Crippen molar-refractivity contribution < 1.29 is 9.53 Å².